The van der Waals surface area contributed by atoms with Gasteiger partial charge in [0.1, 0.15) is 5.75 Å². The first-order chi connectivity index (χ1) is 12.3. The highest BCUT2D eigenvalue weighted by molar-refractivity contribution is 6.32. The predicted octanol–water partition coefficient (Wildman–Crippen LogP) is 4.03. The first kappa shape index (κ1) is 17.0. The SMILES string of the molecule is NC(=O)Oc1ccc(Cl)c2c1C1CCC2(OC(N)=O)c2cccc(Cl)c21. The molecule has 2 unspecified atom stereocenters. The second-order valence-corrected chi connectivity index (χ2v) is 7.11. The zero-order chi connectivity index (χ0) is 18.6. The molecular weight excluding hydrogens is 379 g/mol. The number of fused-ring (bicyclic) bond motifs is 1. The zero-order valence-electron chi connectivity index (χ0n) is 13.4. The maximum atomic E-state index is 11.7. The number of carbonyl (C=O) groups excluding carboxylic acids is 2. The highest BCUT2D eigenvalue weighted by Gasteiger charge is 2.54. The quantitative estimate of drug-likeness (QED) is 0.804. The molecule has 0 radical (unpaired) electrons. The summed E-state index contributed by atoms with van der Waals surface area (Å²) in [5, 5.41) is 0.911. The molecule has 0 saturated heterocycles. The van der Waals surface area contributed by atoms with Gasteiger partial charge in [0, 0.05) is 32.7 Å². The van der Waals surface area contributed by atoms with Gasteiger partial charge in [-0.05, 0) is 36.6 Å². The number of ether oxygens (including phenoxy) is 2. The Hall–Kier alpha value is -2.44. The smallest absolute Gasteiger partial charge is 0.409 e. The van der Waals surface area contributed by atoms with Crippen LogP contribution in [-0.4, -0.2) is 12.2 Å². The van der Waals surface area contributed by atoms with Crippen LogP contribution in [-0.2, 0) is 10.3 Å². The second kappa shape index (κ2) is 5.79. The van der Waals surface area contributed by atoms with Crippen molar-refractivity contribution >= 4 is 35.4 Å². The average molecular weight is 393 g/mol. The Kier molecular flexibility index (Phi) is 3.78. The number of hydrogen-bond donors (Lipinski definition) is 2. The van der Waals surface area contributed by atoms with Gasteiger partial charge in [-0.1, -0.05) is 35.3 Å². The van der Waals surface area contributed by atoms with E-state index in [1.165, 1.54) is 0 Å². The van der Waals surface area contributed by atoms with E-state index in [1.807, 2.05) is 6.07 Å². The summed E-state index contributed by atoms with van der Waals surface area (Å²) in [6.07, 6.45) is -0.771. The molecule has 6 nitrogen and oxygen atoms in total. The van der Waals surface area contributed by atoms with Crippen molar-refractivity contribution in [3.63, 3.8) is 0 Å². The standard InChI is InChI=1S/C18H14Cl2N2O4/c19-10-3-1-2-9-13(10)8-6-7-18(9,26-17(22)24)15-11(20)4-5-12(14(8)15)25-16(21)23/h1-5,8H,6-7H2,(H2,21,23)(H2,22,24). The van der Waals surface area contributed by atoms with Gasteiger partial charge in [-0.15, -0.1) is 0 Å². The van der Waals surface area contributed by atoms with Crippen LogP contribution < -0.4 is 16.2 Å². The maximum Gasteiger partial charge on any atom is 0.409 e. The van der Waals surface area contributed by atoms with Gasteiger partial charge in [-0.25, -0.2) is 9.59 Å². The van der Waals surface area contributed by atoms with Crippen LogP contribution in [0.2, 0.25) is 10.0 Å². The topological polar surface area (TPSA) is 105 Å². The Bertz CT molecular complexity index is 962. The highest BCUT2D eigenvalue weighted by atomic mass is 35.5. The third kappa shape index (κ3) is 2.26. The minimum atomic E-state index is -1.19. The molecule has 0 saturated carbocycles. The lowest BCUT2D eigenvalue weighted by atomic mass is 9.61. The van der Waals surface area contributed by atoms with Crippen LogP contribution in [0.25, 0.3) is 0 Å². The van der Waals surface area contributed by atoms with Crippen LogP contribution in [0.4, 0.5) is 9.59 Å². The van der Waals surface area contributed by atoms with Crippen LogP contribution in [0.5, 0.6) is 5.75 Å². The van der Waals surface area contributed by atoms with E-state index in [0.717, 1.165) is 11.1 Å². The number of carbonyl (C=O) groups is 2. The Morgan fingerprint density at radius 2 is 1.81 bits per heavy atom. The van der Waals surface area contributed by atoms with Gasteiger partial charge in [0.25, 0.3) is 0 Å². The van der Waals surface area contributed by atoms with E-state index in [-0.39, 0.29) is 11.7 Å². The third-order valence-electron chi connectivity index (χ3n) is 5.01. The van der Waals surface area contributed by atoms with E-state index >= 15 is 0 Å². The lowest BCUT2D eigenvalue weighted by Crippen LogP contribution is -2.45. The van der Waals surface area contributed by atoms with Gasteiger partial charge in [0.05, 0.1) is 0 Å². The largest absolute Gasteiger partial charge is 0.433 e. The number of nitrogens with two attached hydrogens (primary N) is 2. The minimum absolute atomic E-state index is 0.167. The Balaban J connectivity index is 2.08. The normalized spacial score (nSPS) is 22.3. The van der Waals surface area contributed by atoms with Crippen molar-refractivity contribution in [3.05, 3.63) is 62.6 Å². The number of hydrogen-bond acceptors (Lipinski definition) is 4. The summed E-state index contributed by atoms with van der Waals surface area (Å²) in [5.41, 5.74) is 12.1. The van der Waals surface area contributed by atoms with Crippen molar-refractivity contribution < 1.29 is 19.1 Å². The first-order valence-corrected chi connectivity index (χ1v) is 8.68. The highest BCUT2D eigenvalue weighted by Crippen LogP contribution is 2.61. The molecule has 2 amide bonds. The lowest BCUT2D eigenvalue weighted by molar-refractivity contribution is 0.0219. The summed E-state index contributed by atoms with van der Waals surface area (Å²) in [4.78, 5) is 23.1. The molecule has 0 heterocycles. The molecule has 2 aromatic carbocycles. The molecule has 26 heavy (non-hydrogen) atoms. The molecule has 0 fully saturated rings. The summed E-state index contributed by atoms with van der Waals surface area (Å²) < 4.78 is 10.8. The van der Waals surface area contributed by atoms with Crippen LogP contribution in [0, 0.1) is 0 Å². The molecule has 8 heteroatoms. The van der Waals surface area contributed by atoms with Gasteiger partial charge in [-0.3, -0.25) is 0 Å². The van der Waals surface area contributed by atoms with Gasteiger partial charge in [0.2, 0.25) is 0 Å². The van der Waals surface area contributed by atoms with Crippen molar-refractivity contribution in [1.29, 1.82) is 0 Å². The van der Waals surface area contributed by atoms with Crippen LogP contribution >= 0.6 is 23.2 Å². The van der Waals surface area contributed by atoms with Gasteiger partial charge < -0.3 is 20.9 Å². The van der Waals surface area contributed by atoms with E-state index in [0.29, 0.717) is 34.0 Å². The minimum Gasteiger partial charge on any atom is -0.433 e. The molecule has 4 N–H and O–H groups in total. The first-order valence-electron chi connectivity index (χ1n) is 7.92. The predicted molar refractivity (Wildman–Crippen MR) is 95.6 cm³/mol. The molecule has 0 spiro atoms. The number of halogens is 2. The van der Waals surface area contributed by atoms with Crippen molar-refractivity contribution in [1.82, 2.24) is 0 Å². The molecular formula is C18H14Cl2N2O4. The van der Waals surface area contributed by atoms with Crippen molar-refractivity contribution in [2.45, 2.75) is 24.4 Å². The van der Waals surface area contributed by atoms with Crippen LogP contribution in [0.3, 0.4) is 0 Å². The average Bonchev–Trinajstić information content (AvgIpc) is 2.57. The van der Waals surface area contributed by atoms with E-state index in [1.54, 1.807) is 24.3 Å². The molecule has 2 atom stereocenters. The zero-order valence-corrected chi connectivity index (χ0v) is 14.9. The number of primary amides is 2. The summed E-state index contributed by atoms with van der Waals surface area (Å²) in [6, 6.07) is 8.54. The molecule has 2 aromatic rings. The lowest BCUT2D eigenvalue weighted by Gasteiger charge is -2.48. The third-order valence-corrected chi connectivity index (χ3v) is 5.66. The van der Waals surface area contributed by atoms with E-state index < -0.39 is 17.8 Å². The summed E-state index contributed by atoms with van der Waals surface area (Å²) in [5.74, 6) is 0.102. The number of benzene rings is 2. The molecule has 2 bridgehead atoms. The van der Waals surface area contributed by atoms with Crippen LogP contribution in [0.1, 0.15) is 41.0 Å². The van der Waals surface area contributed by atoms with Crippen LogP contribution in [0.15, 0.2) is 30.3 Å². The maximum absolute atomic E-state index is 11.7. The fourth-order valence-electron chi connectivity index (χ4n) is 4.27. The molecule has 5 rings (SSSR count). The fourth-order valence-corrected chi connectivity index (χ4v) is 4.90. The van der Waals surface area contributed by atoms with E-state index in [9.17, 15) is 9.59 Å². The van der Waals surface area contributed by atoms with Crippen molar-refractivity contribution in [2.75, 3.05) is 0 Å². The molecule has 3 aliphatic carbocycles. The summed E-state index contributed by atoms with van der Waals surface area (Å²) in [7, 11) is 0. The molecule has 0 aliphatic heterocycles. The summed E-state index contributed by atoms with van der Waals surface area (Å²) >= 11 is 12.9. The molecule has 3 aliphatic rings. The monoisotopic (exact) mass is 392 g/mol. The number of amides is 2. The van der Waals surface area contributed by atoms with Gasteiger partial charge in [0.15, 0.2) is 5.60 Å². The molecule has 0 aromatic heterocycles. The van der Waals surface area contributed by atoms with Crippen molar-refractivity contribution in [2.24, 2.45) is 11.5 Å². The second-order valence-electron chi connectivity index (χ2n) is 6.30. The Morgan fingerprint density at radius 1 is 1.04 bits per heavy atom. The molecule has 134 valence electrons. The number of rotatable bonds is 2. The Labute approximate surface area is 159 Å². The van der Waals surface area contributed by atoms with Gasteiger partial charge >= 0.3 is 12.2 Å². The van der Waals surface area contributed by atoms with E-state index in [2.05, 4.69) is 0 Å². The van der Waals surface area contributed by atoms with E-state index in [4.69, 9.17) is 44.1 Å². The van der Waals surface area contributed by atoms with Gasteiger partial charge in [-0.2, -0.15) is 0 Å². The fraction of sp³-hybridized carbons (Fsp3) is 0.222. The van der Waals surface area contributed by atoms with Crippen molar-refractivity contribution in [3.8, 4) is 5.75 Å². The Morgan fingerprint density at radius 3 is 2.50 bits per heavy atom. The summed E-state index contributed by atoms with van der Waals surface area (Å²) in [6.45, 7) is 0.